The number of aryl methyl sites for hydroxylation is 3. The summed E-state index contributed by atoms with van der Waals surface area (Å²) in [4.78, 5) is 12.6. The Morgan fingerprint density at radius 2 is 1.79 bits per heavy atom. The molecule has 0 bridgehead atoms. The van der Waals surface area contributed by atoms with Gasteiger partial charge in [0, 0.05) is 5.02 Å². The van der Waals surface area contributed by atoms with E-state index < -0.39 is 22.0 Å². The number of carbonyl (C=O) groups excluding carboxylic acids is 1. The van der Waals surface area contributed by atoms with Crippen molar-refractivity contribution in [2.45, 2.75) is 33.7 Å². The van der Waals surface area contributed by atoms with Crippen molar-refractivity contribution in [2.75, 3.05) is 23.7 Å². The Kier molecular flexibility index (Phi) is 7.54. The lowest BCUT2D eigenvalue weighted by molar-refractivity contribution is -0.121. The summed E-state index contributed by atoms with van der Waals surface area (Å²) in [5, 5.41) is 3.34. The van der Waals surface area contributed by atoms with Gasteiger partial charge in [0.15, 0.2) is 0 Å². The first-order chi connectivity index (χ1) is 13.5. The molecule has 1 amide bonds. The van der Waals surface area contributed by atoms with Crippen LogP contribution in [0.3, 0.4) is 0 Å². The molecule has 2 rings (SSSR count). The lowest BCUT2D eigenvalue weighted by atomic mass is 10.1. The summed E-state index contributed by atoms with van der Waals surface area (Å²) in [5.41, 5.74) is 3.14. The number of hydrogen-bond donors (Lipinski definition) is 1. The molecule has 0 aliphatic rings. The summed E-state index contributed by atoms with van der Waals surface area (Å²) < 4.78 is 31.6. The number of amides is 1. The van der Waals surface area contributed by atoms with Gasteiger partial charge in [-0.2, -0.15) is 0 Å². The average Bonchev–Trinajstić information content (AvgIpc) is 2.63. The fourth-order valence-corrected chi connectivity index (χ4v) is 4.29. The minimum Gasteiger partial charge on any atom is -0.492 e. The Morgan fingerprint density at radius 1 is 1.14 bits per heavy atom. The first-order valence-electron chi connectivity index (χ1n) is 9.24. The molecule has 0 saturated carbocycles. The zero-order valence-corrected chi connectivity index (χ0v) is 18.9. The molecule has 0 heterocycles. The topological polar surface area (TPSA) is 75.7 Å². The molecule has 0 spiro atoms. The van der Waals surface area contributed by atoms with Gasteiger partial charge >= 0.3 is 0 Å². The second-order valence-electron chi connectivity index (χ2n) is 7.08. The van der Waals surface area contributed by atoms with Crippen LogP contribution in [0, 0.1) is 20.8 Å². The predicted octanol–water partition coefficient (Wildman–Crippen LogP) is 3.61. The third-order valence-corrected chi connectivity index (χ3v) is 6.14. The molecule has 0 radical (unpaired) electrons. The number of carbonyl (C=O) groups is 1. The quantitative estimate of drug-likeness (QED) is 0.639. The SMILES string of the molecule is Cc1ccc(C)c(N([C@@H](C)C(=O)NCCOc2ccc(C)c(Cl)c2)S(C)(=O)=O)c1. The molecule has 29 heavy (non-hydrogen) atoms. The first kappa shape index (κ1) is 23.0. The van der Waals surface area contributed by atoms with Crippen LogP contribution in [-0.2, 0) is 14.8 Å². The van der Waals surface area contributed by atoms with Crippen LogP contribution in [0.2, 0.25) is 5.02 Å². The molecule has 0 aliphatic heterocycles. The van der Waals surface area contributed by atoms with Crippen molar-refractivity contribution in [2.24, 2.45) is 0 Å². The fourth-order valence-electron chi connectivity index (χ4n) is 2.89. The highest BCUT2D eigenvalue weighted by Crippen LogP contribution is 2.26. The maximum atomic E-state index is 12.6. The van der Waals surface area contributed by atoms with E-state index in [9.17, 15) is 13.2 Å². The Balaban J connectivity index is 2.04. The largest absolute Gasteiger partial charge is 0.492 e. The number of hydrogen-bond acceptors (Lipinski definition) is 4. The molecule has 0 saturated heterocycles. The molecule has 1 atom stereocenters. The number of anilines is 1. The highest BCUT2D eigenvalue weighted by atomic mass is 35.5. The van der Waals surface area contributed by atoms with Crippen LogP contribution in [0.4, 0.5) is 5.69 Å². The van der Waals surface area contributed by atoms with Gasteiger partial charge in [0.25, 0.3) is 0 Å². The van der Waals surface area contributed by atoms with Crippen molar-refractivity contribution in [3.05, 3.63) is 58.1 Å². The van der Waals surface area contributed by atoms with Crippen LogP contribution >= 0.6 is 11.6 Å². The number of ether oxygens (including phenoxy) is 1. The first-order valence-corrected chi connectivity index (χ1v) is 11.5. The minimum absolute atomic E-state index is 0.235. The number of benzene rings is 2. The van der Waals surface area contributed by atoms with Crippen LogP contribution in [0.25, 0.3) is 0 Å². The van der Waals surface area contributed by atoms with Crippen LogP contribution in [0.15, 0.2) is 36.4 Å². The molecule has 8 heteroatoms. The summed E-state index contributed by atoms with van der Waals surface area (Å²) in [6.45, 7) is 7.64. The van der Waals surface area contributed by atoms with Crippen molar-refractivity contribution in [3.8, 4) is 5.75 Å². The Labute approximate surface area is 177 Å². The van der Waals surface area contributed by atoms with E-state index in [0.717, 1.165) is 27.3 Å². The molecule has 0 aliphatic carbocycles. The van der Waals surface area contributed by atoms with Gasteiger partial charge in [-0.1, -0.05) is 29.8 Å². The van der Waals surface area contributed by atoms with E-state index >= 15 is 0 Å². The number of rotatable bonds is 8. The van der Waals surface area contributed by atoms with Gasteiger partial charge in [-0.15, -0.1) is 0 Å². The normalized spacial score (nSPS) is 12.3. The van der Waals surface area contributed by atoms with Crippen LogP contribution in [-0.4, -0.2) is 39.8 Å². The van der Waals surface area contributed by atoms with Crippen LogP contribution in [0.1, 0.15) is 23.6 Å². The van der Waals surface area contributed by atoms with Gasteiger partial charge in [0.1, 0.15) is 18.4 Å². The summed E-state index contributed by atoms with van der Waals surface area (Å²) >= 11 is 6.07. The van der Waals surface area contributed by atoms with Crippen molar-refractivity contribution in [1.82, 2.24) is 5.32 Å². The maximum absolute atomic E-state index is 12.6. The van der Waals surface area contributed by atoms with E-state index in [1.54, 1.807) is 25.1 Å². The van der Waals surface area contributed by atoms with Gasteiger partial charge in [0.05, 0.1) is 18.5 Å². The van der Waals surface area contributed by atoms with E-state index in [4.69, 9.17) is 16.3 Å². The standard InChI is InChI=1S/C21H27ClN2O4S/c1-14-6-7-16(3)20(12-14)24(29(5,26)27)17(4)21(25)23-10-11-28-18-9-8-15(2)19(22)13-18/h6-9,12-13,17H,10-11H2,1-5H3,(H,23,25)/t17-/m0/s1. The van der Waals surface area contributed by atoms with Crippen molar-refractivity contribution in [3.63, 3.8) is 0 Å². The number of sulfonamides is 1. The summed E-state index contributed by atoms with van der Waals surface area (Å²) in [7, 11) is -3.66. The number of nitrogens with one attached hydrogen (secondary N) is 1. The van der Waals surface area contributed by atoms with Gasteiger partial charge in [0.2, 0.25) is 15.9 Å². The summed E-state index contributed by atoms with van der Waals surface area (Å²) in [5.74, 6) is 0.206. The van der Waals surface area contributed by atoms with Crippen molar-refractivity contribution >= 4 is 33.2 Å². The highest BCUT2D eigenvalue weighted by molar-refractivity contribution is 7.92. The molecular formula is C21H27ClN2O4S. The summed E-state index contributed by atoms with van der Waals surface area (Å²) in [6.07, 6.45) is 1.10. The van der Waals surface area contributed by atoms with Gasteiger partial charge in [-0.25, -0.2) is 8.42 Å². The third kappa shape index (κ3) is 6.11. The smallest absolute Gasteiger partial charge is 0.243 e. The van der Waals surface area contributed by atoms with E-state index in [0.29, 0.717) is 16.5 Å². The molecule has 0 unspecified atom stereocenters. The minimum atomic E-state index is -3.66. The average molecular weight is 439 g/mol. The predicted molar refractivity (Wildman–Crippen MR) is 117 cm³/mol. The molecule has 0 aromatic heterocycles. The monoisotopic (exact) mass is 438 g/mol. The zero-order chi connectivity index (χ0) is 21.8. The summed E-state index contributed by atoms with van der Waals surface area (Å²) in [6, 6.07) is 9.98. The molecular weight excluding hydrogens is 412 g/mol. The number of halogens is 1. The van der Waals surface area contributed by atoms with Crippen LogP contribution < -0.4 is 14.4 Å². The lowest BCUT2D eigenvalue weighted by Gasteiger charge is -2.29. The van der Waals surface area contributed by atoms with E-state index in [1.807, 2.05) is 39.0 Å². The Hall–Kier alpha value is -2.25. The van der Waals surface area contributed by atoms with Crippen molar-refractivity contribution in [1.29, 1.82) is 0 Å². The van der Waals surface area contributed by atoms with E-state index in [-0.39, 0.29) is 13.2 Å². The van der Waals surface area contributed by atoms with Crippen LogP contribution in [0.5, 0.6) is 5.75 Å². The third-order valence-electron chi connectivity index (χ3n) is 4.50. The molecule has 6 nitrogen and oxygen atoms in total. The maximum Gasteiger partial charge on any atom is 0.243 e. The highest BCUT2D eigenvalue weighted by Gasteiger charge is 2.30. The van der Waals surface area contributed by atoms with Crippen molar-refractivity contribution < 1.29 is 17.9 Å². The molecule has 0 fully saturated rings. The second-order valence-corrected chi connectivity index (χ2v) is 9.34. The van der Waals surface area contributed by atoms with E-state index in [1.165, 1.54) is 0 Å². The molecule has 158 valence electrons. The second kappa shape index (κ2) is 9.50. The zero-order valence-electron chi connectivity index (χ0n) is 17.3. The van der Waals surface area contributed by atoms with Gasteiger partial charge in [-0.05, 0) is 62.6 Å². The molecule has 2 aromatic carbocycles. The van der Waals surface area contributed by atoms with E-state index in [2.05, 4.69) is 5.32 Å². The lowest BCUT2D eigenvalue weighted by Crippen LogP contribution is -2.48. The fraction of sp³-hybridized carbons (Fsp3) is 0.381. The van der Waals surface area contributed by atoms with Gasteiger partial charge < -0.3 is 10.1 Å². The molecule has 1 N–H and O–H groups in total. The Bertz CT molecular complexity index is 992. The molecule has 2 aromatic rings. The van der Waals surface area contributed by atoms with Gasteiger partial charge in [-0.3, -0.25) is 9.10 Å². The number of nitrogens with zero attached hydrogens (tertiary/aromatic N) is 1. The Morgan fingerprint density at radius 3 is 2.41 bits per heavy atom.